The minimum atomic E-state index is -0.848. The number of hydrogen-bond acceptors (Lipinski definition) is 2. The number of carboxylic acid groups (broad SMARTS) is 1. The van der Waals surface area contributed by atoms with Crippen LogP contribution in [0.25, 0.3) is 0 Å². The molecular formula is C21H20BrNO2. The molecule has 0 unspecified atom stereocenters. The van der Waals surface area contributed by atoms with E-state index in [0.717, 1.165) is 16.1 Å². The first-order valence-electron chi connectivity index (χ1n) is 9.01. The first-order chi connectivity index (χ1) is 12.1. The van der Waals surface area contributed by atoms with Crippen molar-refractivity contribution in [1.29, 1.82) is 0 Å². The summed E-state index contributed by atoms with van der Waals surface area (Å²) in [6.45, 7) is 0. The molecule has 5 atom stereocenters. The third kappa shape index (κ3) is 2.27. The summed E-state index contributed by atoms with van der Waals surface area (Å²) < 4.78 is 1.07. The minimum absolute atomic E-state index is 0.186. The molecule has 2 saturated carbocycles. The van der Waals surface area contributed by atoms with Gasteiger partial charge >= 0.3 is 5.97 Å². The summed E-state index contributed by atoms with van der Waals surface area (Å²) in [6.07, 6.45) is 3.89. The molecule has 2 aliphatic carbocycles. The maximum atomic E-state index is 11.8. The molecule has 0 amide bonds. The topological polar surface area (TPSA) is 49.3 Å². The van der Waals surface area contributed by atoms with E-state index >= 15 is 0 Å². The summed E-state index contributed by atoms with van der Waals surface area (Å²) in [6, 6.07) is 14.4. The van der Waals surface area contributed by atoms with Gasteiger partial charge in [0.25, 0.3) is 0 Å². The largest absolute Gasteiger partial charge is 0.478 e. The van der Waals surface area contributed by atoms with Crippen LogP contribution in [0.5, 0.6) is 0 Å². The Morgan fingerprint density at radius 1 is 1.12 bits per heavy atom. The van der Waals surface area contributed by atoms with Crippen LogP contribution in [-0.2, 0) is 0 Å². The molecule has 25 heavy (non-hydrogen) atoms. The lowest BCUT2D eigenvalue weighted by molar-refractivity contribution is 0.0697. The molecule has 2 aromatic carbocycles. The van der Waals surface area contributed by atoms with Crippen molar-refractivity contribution in [3.63, 3.8) is 0 Å². The van der Waals surface area contributed by atoms with Gasteiger partial charge in [-0.2, -0.15) is 0 Å². The van der Waals surface area contributed by atoms with Gasteiger partial charge < -0.3 is 10.4 Å². The predicted molar refractivity (Wildman–Crippen MR) is 101 cm³/mol. The molecule has 128 valence electrons. The van der Waals surface area contributed by atoms with Crippen molar-refractivity contribution in [3.8, 4) is 0 Å². The van der Waals surface area contributed by atoms with Crippen LogP contribution in [0.2, 0.25) is 0 Å². The van der Waals surface area contributed by atoms with Crippen LogP contribution in [0.4, 0.5) is 5.69 Å². The first-order valence-corrected chi connectivity index (χ1v) is 9.81. The Labute approximate surface area is 155 Å². The number of benzene rings is 2. The van der Waals surface area contributed by atoms with E-state index in [1.165, 1.54) is 30.4 Å². The zero-order chi connectivity index (χ0) is 17.1. The smallest absolute Gasteiger partial charge is 0.337 e. The second kappa shape index (κ2) is 5.60. The molecule has 0 aromatic heterocycles. The van der Waals surface area contributed by atoms with Crippen molar-refractivity contribution in [2.45, 2.75) is 31.2 Å². The van der Waals surface area contributed by atoms with Crippen molar-refractivity contribution in [3.05, 3.63) is 63.6 Å². The average molecular weight is 398 g/mol. The molecule has 3 aliphatic rings. The molecule has 0 radical (unpaired) electrons. The average Bonchev–Trinajstić information content (AvgIpc) is 3.22. The number of fused-ring (bicyclic) bond motifs is 7. The maximum absolute atomic E-state index is 11.8. The summed E-state index contributed by atoms with van der Waals surface area (Å²) in [4.78, 5) is 11.8. The van der Waals surface area contributed by atoms with Crippen molar-refractivity contribution in [1.82, 2.24) is 0 Å². The van der Waals surface area contributed by atoms with Crippen LogP contribution < -0.4 is 5.32 Å². The van der Waals surface area contributed by atoms with Gasteiger partial charge in [0.15, 0.2) is 0 Å². The molecule has 0 saturated heterocycles. The van der Waals surface area contributed by atoms with E-state index in [9.17, 15) is 9.90 Å². The Morgan fingerprint density at radius 2 is 1.92 bits per heavy atom. The Kier molecular flexibility index (Phi) is 3.46. The van der Waals surface area contributed by atoms with Gasteiger partial charge in [0.05, 0.1) is 17.3 Å². The molecule has 5 rings (SSSR count). The van der Waals surface area contributed by atoms with Crippen LogP contribution in [0, 0.1) is 17.8 Å². The molecule has 2 fully saturated rings. The first kappa shape index (κ1) is 15.4. The Morgan fingerprint density at radius 3 is 2.72 bits per heavy atom. The van der Waals surface area contributed by atoms with Crippen LogP contribution in [-0.4, -0.2) is 11.1 Å². The lowest BCUT2D eigenvalue weighted by Crippen LogP contribution is -2.36. The standard InChI is InChI=1S/C21H20BrNO2/c22-14-4-1-3-13(10-14)19-18-12-8-7-11(9-12)17(18)15-5-2-6-16(21(24)25)20(15)23-19/h1-6,10-12,17-19,23H,7-9H2,(H,24,25)/t11-,12+,17+,18-,19-/m0/s1. The van der Waals surface area contributed by atoms with E-state index < -0.39 is 5.97 Å². The summed E-state index contributed by atoms with van der Waals surface area (Å²) in [7, 11) is 0. The molecule has 3 nitrogen and oxygen atoms in total. The van der Waals surface area contributed by atoms with E-state index in [2.05, 4.69) is 45.5 Å². The Balaban J connectivity index is 1.68. The zero-order valence-electron chi connectivity index (χ0n) is 13.8. The van der Waals surface area contributed by atoms with Gasteiger partial charge in [-0.15, -0.1) is 0 Å². The highest BCUT2D eigenvalue weighted by atomic mass is 79.9. The molecule has 2 aromatic rings. The van der Waals surface area contributed by atoms with Crippen LogP contribution in [0.1, 0.15) is 52.7 Å². The number of hydrogen-bond donors (Lipinski definition) is 2. The molecule has 2 bridgehead atoms. The number of anilines is 1. The minimum Gasteiger partial charge on any atom is -0.478 e. The number of para-hydroxylation sites is 1. The van der Waals surface area contributed by atoms with Gasteiger partial charge in [-0.05, 0) is 72.3 Å². The third-order valence-corrected chi connectivity index (χ3v) is 7.05. The molecule has 2 N–H and O–H groups in total. The number of carbonyl (C=O) groups is 1. The molecule has 1 aliphatic heterocycles. The highest BCUT2D eigenvalue weighted by molar-refractivity contribution is 9.10. The van der Waals surface area contributed by atoms with E-state index in [1.54, 1.807) is 6.07 Å². The predicted octanol–water partition coefficient (Wildman–Crippen LogP) is 5.44. The van der Waals surface area contributed by atoms with Crippen molar-refractivity contribution < 1.29 is 9.90 Å². The molecule has 1 heterocycles. The number of aromatic carboxylic acids is 1. The Hall–Kier alpha value is -1.81. The summed E-state index contributed by atoms with van der Waals surface area (Å²) in [5.41, 5.74) is 3.72. The van der Waals surface area contributed by atoms with Crippen molar-refractivity contribution in [2.24, 2.45) is 17.8 Å². The van der Waals surface area contributed by atoms with Gasteiger partial charge in [0.2, 0.25) is 0 Å². The fourth-order valence-corrected chi connectivity index (χ4v) is 6.14. The van der Waals surface area contributed by atoms with E-state index in [-0.39, 0.29) is 6.04 Å². The monoisotopic (exact) mass is 397 g/mol. The number of carboxylic acids is 1. The lowest BCUT2D eigenvalue weighted by Gasteiger charge is -2.44. The van der Waals surface area contributed by atoms with Crippen LogP contribution in [0.3, 0.4) is 0 Å². The highest BCUT2D eigenvalue weighted by Gasteiger charge is 2.54. The maximum Gasteiger partial charge on any atom is 0.337 e. The third-order valence-electron chi connectivity index (χ3n) is 6.56. The zero-order valence-corrected chi connectivity index (χ0v) is 15.4. The summed E-state index contributed by atoms with van der Waals surface area (Å²) >= 11 is 3.59. The SMILES string of the molecule is O=C(O)c1cccc2c1N[C@@H](c1cccc(Br)c1)[C@H]1[C@@H]3CC[C@@H](C3)[C@H]21. The van der Waals surface area contributed by atoms with E-state index in [4.69, 9.17) is 0 Å². The van der Waals surface area contributed by atoms with Crippen molar-refractivity contribution in [2.75, 3.05) is 5.32 Å². The highest BCUT2D eigenvalue weighted by Crippen LogP contribution is 2.64. The van der Waals surface area contributed by atoms with Crippen LogP contribution in [0.15, 0.2) is 46.9 Å². The molecular weight excluding hydrogens is 378 g/mol. The number of nitrogens with one attached hydrogen (secondary N) is 1. The lowest BCUT2D eigenvalue weighted by atomic mass is 9.67. The van der Waals surface area contributed by atoms with E-state index in [1.807, 2.05) is 12.1 Å². The summed E-state index contributed by atoms with van der Waals surface area (Å²) in [5, 5.41) is 13.3. The van der Waals surface area contributed by atoms with E-state index in [0.29, 0.717) is 23.3 Å². The Bertz CT molecular complexity index is 865. The second-order valence-electron chi connectivity index (χ2n) is 7.69. The van der Waals surface area contributed by atoms with Gasteiger partial charge in [0.1, 0.15) is 0 Å². The fourth-order valence-electron chi connectivity index (χ4n) is 5.72. The van der Waals surface area contributed by atoms with Crippen LogP contribution >= 0.6 is 15.9 Å². The number of halogens is 1. The molecule has 0 spiro atoms. The molecule has 4 heteroatoms. The van der Waals surface area contributed by atoms with Gasteiger partial charge in [-0.3, -0.25) is 0 Å². The fraction of sp³-hybridized carbons (Fsp3) is 0.381. The van der Waals surface area contributed by atoms with Gasteiger partial charge in [-0.25, -0.2) is 4.79 Å². The number of rotatable bonds is 2. The summed E-state index contributed by atoms with van der Waals surface area (Å²) in [5.74, 6) is 1.64. The second-order valence-corrected chi connectivity index (χ2v) is 8.60. The van der Waals surface area contributed by atoms with Gasteiger partial charge in [-0.1, -0.05) is 40.2 Å². The quantitative estimate of drug-likeness (QED) is 0.708. The van der Waals surface area contributed by atoms with Gasteiger partial charge in [0, 0.05) is 4.47 Å². The van der Waals surface area contributed by atoms with Crippen molar-refractivity contribution >= 4 is 27.6 Å². The normalized spacial score (nSPS) is 32.0.